The zero-order valence-corrected chi connectivity index (χ0v) is 24.4. The van der Waals surface area contributed by atoms with Gasteiger partial charge in [-0.2, -0.15) is 26.3 Å². The van der Waals surface area contributed by atoms with Gasteiger partial charge in [0.25, 0.3) is 0 Å². The number of likely N-dealkylation sites (N-methyl/N-ethyl adjacent to an activating group) is 1. The fraction of sp³-hybridized carbons (Fsp3) is 0.167. The van der Waals surface area contributed by atoms with Gasteiger partial charge in [0.1, 0.15) is 0 Å². The van der Waals surface area contributed by atoms with Crippen molar-refractivity contribution in [2.24, 2.45) is 13.0 Å². The Kier molecular flexibility index (Phi) is 6.56. The molecule has 4 aromatic carbocycles. The van der Waals surface area contributed by atoms with Gasteiger partial charge in [0.2, 0.25) is 0 Å². The molecule has 0 bridgehead atoms. The highest BCUT2D eigenvalue weighted by molar-refractivity contribution is 6.12. The minimum atomic E-state index is -4.49. The van der Waals surface area contributed by atoms with Crippen LogP contribution >= 0.6 is 0 Å². The number of anilines is 1. The van der Waals surface area contributed by atoms with Crippen LogP contribution < -0.4 is 10.3 Å². The molecule has 0 amide bonds. The normalized spacial score (nSPS) is 18.1. The van der Waals surface area contributed by atoms with E-state index >= 15 is 0 Å². The van der Waals surface area contributed by atoms with Gasteiger partial charge < -0.3 is 9.47 Å². The third kappa shape index (κ3) is 4.54. The van der Waals surface area contributed by atoms with Crippen LogP contribution in [0, 0.1) is 5.92 Å². The number of aromatic nitrogens is 1. The standard InChI is InChI=1S/C36H24F6N2O2/c1-43-29-17-28-30(44(2)32-24(6-4-8-26(32)34(28)46)20-11-15-22(16-12-20)36(40,41)42)18-27(29)33(45)25-7-3-5-23(31(25)43)19-9-13-21(14-10-19)35(37,38)39/h3-18,25,31H,1-2H3. The van der Waals surface area contributed by atoms with Crippen LogP contribution in [0.1, 0.15) is 27.0 Å². The van der Waals surface area contributed by atoms with E-state index in [0.717, 1.165) is 24.3 Å². The number of aryl methyl sites for hydroxylation is 1. The fourth-order valence-electron chi connectivity index (χ4n) is 6.76. The SMILES string of the molecule is CN1c2cc3c(=O)c4cccc(-c5ccc(C(F)(F)F)cc5)c4n(C)c3cc2C(=O)C2C=CC=C(c3ccc(C(F)(F)F)cc3)C21. The largest absolute Gasteiger partial charge is 0.416 e. The number of carbonyl (C=O) groups is 1. The Bertz CT molecular complexity index is 2190. The number of alkyl halides is 6. The molecule has 1 aliphatic heterocycles. The number of para-hydroxylation sites is 1. The van der Waals surface area contributed by atoms with Crippen LogP contribution in [-0.4, -0.2) is 23.4 Å². The summed E-state index contributed by atoms with van der Waals surface area (Å²) < 4.78 is 81.0. The number of halogens is 6. The van der Waals surface area contributed by atoms with E-state index in [1.165, 1.54) is 24.3 Å². The van der Waals surface area contributed by atoms with Crippen LogP contribution in [0.4, 0.5) is 32.0 Å². The second-order valence-electron chi connectivity index (χ2n) is 11.6. The van der Waals surface area contributed by atoms with Gasteiger partial charge >= 0.3 is 12.4 Å². The average molecular weight is 631 g/mol. The molecule has 0 saturated carbocycles. The van der Waals surface area contributed by atoms with E-state index in [1.807, 2.05) is 4.90 Å². The molecule has 2 aliphatic rings. The molecule has 7 rings (SSSR count). The predicted octanol–water partition coefficient (Wildman–Crippen LogP) is 8.67. The summed E-state index contributed by atoms with van der Waals surface area (Å²) in [5.41, 5.74) is 2.33. The molecule has 0 fully saturated rings. The van der Waals surface area contributed by atoms with E-state index in [9.17, 15) is 35.9 Å². The summed E-state index contributed by atoms with van der Waals surface area (Å²) in [7, 11) is 3.54. The highest BCUT2D eigenvalue weighted by atomic mass is 19.4. The first-order valence-electron chi connectivity index (χ1n) is 14.4. The number of hydrogen-bond acceptors (Lipinski definition) is 3. The lowest BCUT2D eigenvalue weighted by Gasteiger charge is -2.42. The number of ketones is 1. The van der Waals surface area contributed by atoms with Crippen molar-refractivity contribution in [3.63, 3.8) is 0 Å². The number of fused-ring (bicyclic) bond motifs is 4. The second-order valence-corrected chi connectivity index (χ2v) is 11.6. The molecule has 1 aromatic heterocycles. The first-order chi connectivity index (χ1) is 21.8. The van der Waals surface area contributed by atoms with Crippen molar-refractivity contribution < 1.29 is 31.1 Å². The Balaban J connectivity index is 1.37. The van der Waals surface area contributed by atoms with Gasteiger partial charge in [-0.1, -0.05) is 54.6 Å². The van der Waals surface area contributed by atoms with Gasteiger partial charge in [0.05, 0.1) is 34.1 Å². The minimum Gasteiger partial charge on any atom is -0.366 e. The Morgan fingerprint density at radius 2 is 1.30 bits per heavy atom. The number of benzene rings is 4. The van der Waals surface area contributed by atoms with E-state index in [4.69, 9.17) is 0 Å². The lowest BCUT2D eigenvalue weighted by molar-refractivity contribution is -0.138. The topological polar surface area (TPSA) is 42.3 Å². The number of rotatable bonds is 2. The molecule has 0 radical (unpaired) electrons. The number of allylic oxidation sites excluding steroid dienone is 2. The van der Waals surface area contributed by atoms with Gasteiger partial charge in [-0.15, -0.1) is 0 Å². The Hall–Kier alpha value is -5.12. The number of Topliss-reactive ketones (excluding diaryl/α,β-unsaturated/α-hetero) is 1. The highest BCUT2D eigenvalue weighted by Gasteiger charge is 2.41. The van der Waals surface area contributed by atoms with Gasteiger partial charge in [0.15, 0.2) is 11.2 Å². The lowest BCUT2D eigenvalue weighted by Crippen LogP contribution is -2.47. The third-order valence-corrected chi connectivity index (χ3v) is 9.02. The van der Waals surface area contributed by atoms with Crippen molar-refractivity contribution >= 4 is 38.8 Å². The van der Waals surface area contributed by atoms with E-state index < -0.39 is 35.4 Å². The maximum Gasteiger partial charge on any atom is 0.416 e. The molecule has 0 spiro atoms. The number of nitrogens with zero attached hydrogens (tertiary/aromatic N) is 2. The van der Waals surface area contributed by atoms with E-state index in [2.05, 4.69) is 0 Å². The number of pyridine rings is 1. The summed E-state index contributed by atoms with van der Waals surface area (Å²) in [6.45, 7) is 0. The summed E-state index contributed by atoms with van der Waals surface area (Å²) in [6.07, 6.45) is -3.68. The van der Waals surface area contributed by atoms with Gasteiger partial charge in [-0.05, 0) is 59.2 Å². The predicted molar refractivity (Wildman–Crippen MR) is 166 cm³/mol. The van der Waals surface area contributed by atoms with Crippen molar-refractivity contribution in [3.8, 4) is 11.1 Å². The summed E-state index contributed by atoms with van der Waals surface area (Å²) in [4.78, 5) is 29.9. The number of carbonyl (C=O) groups excluding carboxylic acids is 1. The maximum atomic E-state index is 14.0. The van der Waals surface area contributed by atoms with Crippen molar-refractivity contribution in [1.82, 2.24) is 4.57 Å². The molecule has 2 heterocycles. The molecule has 46 heavy (non-hydrogen) atoms. The summed E-state index contributed by atoms with van der Waals surface area (Å²) >= 11 is 0. The molecule has 0 N–H and O–H groups in total. The molecule has 232 valence electrons. The van der Waals surface area contributed by atoms with Crippen LogP contribution in [0.3, 0.4) is 0 Å². The smallest absolute Gasteiger partial charge is 0.366 e. The minimum absolute atomic E-state index is 0.197. The van der Waals surface area contributed by atoms with Crippen LogP contribution in [0.15, 0.2) is 102 Å². The first kappa shape index (κ1) is 29.6. The Labute approximate surface area is 258 Å². The van der Waals surface area contributed by atoms with Crippen LogP contribution in [-0.2, 0) is 19.4 Å². The zero-order valence-electron chi connectivity index (χ0n) is 24.4. The first-order valence-corrected chi connectivity index (χ1v) is 14.4. The quantitative estimate of drug-likeness (QED) is 0.145. The van der Waals surface area contributed by atoms with Crippen molar-refractivity contribution in [3.05, 3.63) is 130 Å². The third-order valence-electron chi connectivity index (χ3n) is 9.02. The van der Waals surface area contributed by atoms with Crippen molar-refractivity contribution in [1.29, 1.82) is 0 Å². The Morgan fingerprint density at radius 3 is 1.91 bits per heavy atom. The number of hydrogen-bond donors (Lipinski definition) is 0. The van der Waals surface area contributed by atoms with Crippen LogP contribution in [0.25, 0.3) is 38.5 Å². The molecular weight excluding hydrogens is 606 g/mol. The second kappa shape index (κ2) is 10.2. The van der Waals surface area contributed by atoms with Gasteiger partial charge in [-0.3, -0.25) is 9.59 Å². The molecule has 2 atom stereocenters. The zero-order chi connectivity index (χ0) is 32.7. The highest BCUT2D eigenvalue weighted by Crippen LogP contribution is 2.43. The molecule has 4 nitrogen and oxygen atoms in total. The molecule has 5 aromatic rings. The molecule has 2 unspecified atom stereocenters. The summed E-state index contributed by atoms with van der Waals surface area (Å²) in [5, 5.41) is 0.712. The van der Waals surface area contributed by atoms with Gasteiger partial charge in [0, 0.05) is 41.7 Å². The summed E-state index contributed by atoms with van der Waals surface area (Å²) in [6, 6.07) is 17.5. The molecular formula is C36H24F6N2O2. The van der Waals surface area contributed by atoms with Crippen LogP contribution in [0.2, 0.25) is 0 Å². The van der Waals surface area contributed by atoms with E-state index in [-0.39, 0.29) is 11.2 Å². The molecule has 0 saturated heterocycles. The fourth-order valence-corrected chi connectivity index (χ4v) is 6.76. The lowest BCUT2D eigenvalue weighted by atomic mass is 9.76. The van der Waals surface area contributed by atoms with E-state index in [0.29, 0.717) is 55.3 Å². The molecule has 10 heteroatoms. The monoisotopic (exact) mass is 630 g/mol. The summed E-state index contributed by atoms with van der Waals surface area (Å²) in [5.74, 6) is -0.824. The molecule has 1 aliphatic carbocycles. The van der Waals surface area contributed by atoms with Crippen molar-refractivity contribution in [2.75, 3.05) is 11.9 Å². The van der Waals surface area contributed by atoms with Crippen molar-refractivity contribution in [2.45, 2.75) is 18.4 Å². The van der Waals surface area contributed by atoms with E-state index in [1.54, 1.807) is 67.2 Å². The van der Waals surface area contributed by atoms with Crippen LogP contribution in [0.5, 0.6) is 0 Å². The Morgan fingerprint density at radius 1 is 0.696 bits per heavy atom. The maximum absolute atomic E-state index is 14.0. The average Bonchev–Trinajstić information content (AvgIpc) is 3.04. The van der Waals surface area contributed by atoms with Gasteiger partial charge in [-0.25, -0.2) is 0 Å².